The molecule has 8 atom stereocenters. The van der Waals surface area contributed by atoms with Gasteiger partial charge in [0.25, 0.3) is 0 Å². The number of phenolic OH excluding ortho intramolecular Hbond substituents is 2. The third-order valence-electron chi connectivity index (χ3n) is 5.32. The van der Waals surface area contributed by atoms with Gasteiger partial charge in [-0.2, -0.15) is 0 Å². The van der Waals surface area contributed by atoms with Gasteiger partial charge in [-0.05, 0) is 24.1 Å². The minimum Gasteiger partial charge on any atom is -0.504 e. The summed E-state index contributed by atoms with van der Waals surface area (Å²) in [5.74, 6) is -0.541. The molecule has 12 nitrogen and oxygen atoms in total. The van der Waals surface area contributed by atoms with E-state index >= 15 is 0 Å². The first-order chi connectivity index (χ1) is 14.7. The number of benzene rings is 1. The van der Waals surface area contributed by atoms with Crippen LogP contribution in [0.4, 0.5) is 0 Å². The summed E-state index contributed by atoms with van der Waals surface area (Å²) in [5, 5.41) is 69.2. The standard InChI is InChI=1S/C19H28O12/c1-27-16-13(24)12(23)14(30-18-15(25)19(26,7-20)8-29-18)17(31-16)28-5-4-9-2-3-10(21)11(22)6-9/h2-3,6,12-18,20-26H,4-5,7-8H2,1H3. The molecule has 0 saturated carbocycles. The largest absolute Gasteiger partial charge is 0.504 e. The van der Waals surface area contributed by atoms with E-state index in [1.165, 1.54) is 19.2 Å². The smallest absolute Gasteiger partial charge is 0.189 e. The summed E-state index contributed by atoms with van der Waals surface area (Å²) in [6.45, 7) is -1.15. The monoisotopic (exact) mass is 448 g/mol. The highest BCUT2D eigenvalue weighted by Crippen LogP contribution is 2.31. The van der Waals surface area contributed by atoms with Crippen LogP contribution in [0.2, 0.25) is 0 Å². The summed E-state index contributed by atoms with van der Waals surface area (Å²) in [7, 11) is 1.27. The fraction of sp³-hybridized carbons (Fsp3) is 0.684. The van der Waals surface area contributed by atoms with E-state index in [1.807, 2.05) is 0 Å². The number of aromatic hydroxyl groups is 2. The number of aliphatic hydroxyl groups excluding tert-OH is 4. The Morgan fingerprint density at radius 3 is 2.42 bits per heavy atom. The van der Waals surface area contributed by atoms with E-state index in [1.54, 1.807) is 6.07 Å². The normalized spacial score (nSPS) is 38.5. The molecule has 176 valence electrons. The molecule has 7 N–H and O–H groups in total. The Kier molecular flexibility index (Phi) is 7.70. The molecular formula is C19H28O12. The predicted octanol–water partition coefficient (Wildman–Crippen LogP) is -2.47. The molecule has 2 aliphatic rings. The summed E-state index contributed by atoms with van der Waals surface area (Å²) < 4.78 is 26.9. The fourth-order valence-corrected chi connectivity index (χ4v) is 3.36. The highest BCUT2D eigenvalue weighted by Gasteiger charge is 2.53. The summed E-state index contributed by atoms with van der Waals surface area (Å²) in [5.41, 5.74) is -1.29. The van der Waals surface area contributed by atoms with Crippen LogP contribution in [-0.2, 0) is 30.1 Å². The molecule has 0 bridgehead atoms. The van der Waals surface area contributed by atoms with Crippen molar-refractivity contribution >= 4 is 0 Å². The van der Waals surface area contributed by atoms with E-state index in [2.05, 4.69) is 0 Å². The highest BCUT2D eigenvalue weighted by atomic mass is 16.8. The van der Waals surface area contributed by atoms with Crippen molar-refractivity contribution in [2.24, 2.45) is 0 Å². The van der Waals surface area contributed by atoms with Crippen LogP contribution < -0.4 is 0 Å². The Labute approximate surface area is 177 Å². The Morgan fingerprint density at radius 2 is 1.81 bits per heavy atom. The molecule has 2 aliphatic heterocycles. The van der Waals surface area contributed by atoms with Gasteiger partial charge < -0.3 is 59.4 Å². The lowest BCUT2D eigenvalue weighted by Gasteiger charge is -2.42. The Morgan fingerprint density at radius 1 is 1.06 bits per heavy atom. The second-order valence-corrected chi connectivity index (χ2v) is 7.52. The Bertz CT molecular complexity index is 732. The molecule has 31 heavy (non-hydrogen) atoms. The maximum Gasteiger partial charge on any atom is 0.189 e. The lowest BCUT2D eigenvalue weighted by molar-refractivity contribution is -0.368. The number of hydrogen-bond acceptors (Lipinski definition) is 12. The second-order valence-electron chi connectivity index (χ2n) is 7.52. The van der Waals surface area contributed by atoms with Gasteiger partial charge in [-0.3, -0.25) is 0 Å². The third kappa shape index (κ3) is 5.09. The van der Waals surface area contributed by atoms with Gasteiger partial charge in [0.2, 0.25) is 0 Å². The first kappa shape index (κ1) is 24.1. The first-order valence-electron chi connectivity index (χ1n) is 9.65. The van der Waals surface area contributed by atoms with Crippen LogP contribution in [0.3, 0.4) is 0 Å². The topological polar surface area (TPSA) is 188 Å². The van der Waals surface area contributed by atoms with Crippen LogP contribution >= 0.6 is 0 Å². The third-order valence-corrected chi connectivity index (χ3v) is 5.32. The predicted molar refractivity (Wildman–Crippen MR) is 99.8 cm³/mol. The molecule has 12 heteroatoms. The van der Waals surface area contributed by atoms with Crippen LogP contribution in [0.25, 0.3) is 0 Å². The number of phenols is 2. The highest BCUT2D eigenvalue weighted by molar-refractivity contribution is 5.40. The van der Waals surface area contributed by atoms with Gasteiger partial charge in [0, 0.05) is 7.11 Å². The average Bonchev–Trinajstić information content (AvgIpc) is 3.04. The van der Waals surface area contributed by atoms with Crippen LogP contribution in [0.15, 0.2) is 18.2 Å². The van der Waals surface area contributed by atoms with Crippen LogP contribution in [0, 0.1) is 0 Å². The SMILES string of the molecule is COC1OC(OCCc2ccc(O)c(O)c2)C(OC2OCC(O)(CO)C2O)C(O)C1O. The summed E-state index contributed by atoms with van der Waals surface area (Å²) >= 11 is 0. The van der Waals surface area contributed by atoms with E-state index < -0.39 is 62.1 Å². The number of aliphatic hydroxyl groups is 5. The fourth-order valence-electron chi connectivity index (χ4n) is 3.36. The van der Waals surface area contributed by atoms with Crippen molar-refractivity contribution in [1.29, 1.82) is 0 Å². The quantitative estimate of drug-likeness (QED) is 0.208. The van der Waals surface area contributed by atoms with Gasteiger partial charge >= 0.3 is 0 Å². The summed E-state index contributed by atoms with van der Waals surface area (Å²) in [6, 6.07) is 4.28. The number of hydrogen-bond donors (Lipinski definition) is 7. The van der Waals surface area contributed by atoms with Crippen molar-refractivity contribution in [1.82, 2.24) is 0 Å². The lowest BCUT2D eigenvalue weighted by Crippen LogP contribution is -2.61. The van der Waals surface area contributed by atoms with Crippen LogP contribution in [-0.4, -0.2) is 112 Å². The number of rotatable bonds is 8. The van der Waals surface area contributed by atoms with Crippen molar-refractivity contribution in [2.45, 2.75) is 55.3 Å². The molecule has 0 aliphatic carbocycles. The molecule has 0 aromatic heterocycles. The van der Waals surface area contributed by atoms with Crippen molar-refractivity contribution in [3.8, 4) is 11.5 Å². The van der Waals surface area contributed by atoms with E-state index in [9.17, 15) is 35.7 Å². The molecular weight excluding hydrogens is 420 g/mol. The lowest BCUT2D eigenvalue weighted by atomic mass is 10.0. The van der Waals surface area contributed by atoms with Crippen LogP contribution in [0.1, 0.15) is 5.56 Å². The Hall–Kier alpha value is -1.58. The van der Waals surface area contributed by atoms with E-state index in [4.69, 9.17) is 23.7 Å². The zero-order valence-electron chi connectivity index (χ0n) is 16.8. The van der Waals surface area contributed by atoms with Gasteiger partial charge in [-0.25, -0.2) is 0 Å². The van der Waals surface area contributed by atoms with Gasteiger partial charge in [0.05, 0.1) is 19.8 Å². The first-order valence-corrected chi connectivity index (χ1v) is 9.65. The molecule has 0 amide bonds. The van der Waals surface area contributed by atoms with Crippen molar-refractivity contribution in [2.75, 3.05) is 26.9 Å². The van der Waals surface area contributed by atoms with E-state index in [0.717, 1.165) is 0 Å². The van der Waals surface area contributed by atoms with Gasteiger partial charge in [0.15, 0.2) is 30.4 Å². The second kappa shape index (κ2) is 9.92. The maximum atomic E-state index is 10.5. The summed E-state index contributed by atoms with van der Waals surface area (Å²) in [6.07, 6.45) is -9.62. The molecule has 8 unspecified atom stereocenters. The molecule has 1 aromatic rings. The number of methoxy groups -OCH3 is 1. The Balaban J connectivity index is 1.67. The maximum absolute atomic E-state index is 10.5. The molecule has 0 spiro atoms. The van der Waals surface area contributed by atoms with E-state index in [0.29, 0.717) is 12.0 Å². The molecule has 0 radical (unpaired) electrons. The van der Waals surface area contributed by atoms with E-state index in [-0.39, 0.29) is 18.1 Å². The molecule has 2 fully saturated rings. The molecule has 1 aromatic carbocycles. The van der Waals surface area contributed by atoms with Crippen molar-refractivity contribution < 1.29 is 59.4 Å². The molecule has 2 heterocycles. The van der Waals surface area contributed by atoms with Gasteiger partial charge in [-0.15, -0.1) is 0 Å². The van der Waals surface area contributed by atoms with Gasteiger partial charge in [-0.1, -0.05) is 6.07 Å². The van der Waals surface area contributed by atoms with Crippen LogP contribution in [0.5, 0.6) is 11.5 Å². The van der Waals surface area contributed by atoms with Crippen molar-refractivity contribution in [3.63, 3.8) is 0 Å². The number of ether oxygens (including phenoxy) is 5. The summed E-state index contributed by atoms with van der Waals surface area (Å²) in [4.78, 5) is 0. The minimum absolute atomic E-state index is 0.0304. The molecule has 2 saturated heterocycles. The average molecular weight is 448 g/mol. The van der Waals surface area contributed by atoms with Crippen molar-refractivity contribution in [3.05, 3.63) is 23.8 Å². The molecule has 3 rings (SSSR count). The van der Waals surface area contributed by atoms with Gasteiger partial charge in [0.1, 0.15) is 30.0 Å². The zero-order chi connectivity index (χ0) is 22.8. The zero-order valence-corrected chi connectivity index (χ0v) is 16.8. The minimum atomic E-state index is -1.93.